The zero-order chi connectivity index (χ0) is 18.1. The first-order valence-corrected chi connectivity index (χ1v) is 8.73. The minimum Gasteiger partial charge on any atom is -0.399 e. The van der Waals surface area contributed by atoms with Gasteiger partial charge in [-0.25, -0.2) is 4.98 Å². The minimum atomic E-state index is 0.206. The van der Waals surface area contributed by atoms with Gasteiger partial charge in [-0.05, 0) is 30.9 Å². The van der Waals surface area contributed by atoms with Gasteiger partial charge in [0, 0.05) is 11.1 Å². The van der Waals surface area contributed by atoms with Gasteiger partial charge in [0.25, 0.3) is 0 Å². The number of oxime groups is 2. The summed E-state index contributed by atoms with van der Waals surface area (Å²) in [6.45, 7) is 2.14. The summed E-state index contributed by atoms with van der Waals surface area (Å²) in [5.41, 5.74) is 3.39. The molecule has 0 atom stereocenters. The van der Waals surface area contributed by atoms with Crippen molar-refractivity contribution in [2.24, 2.45) is 10.3 Å². The van der Waals surface area contributed by atoms with Crippen molar-refractivity contribution in [1.29, 1.82) is 0 Å². The Bertz CT molecular complexity index is 791. The van der Waals surface area contributed by atoms with Crippen LogP contribution in [0.1, 0.15) is 22.4 Å². The Hall–Kier alpha value is -2.67. The van der Waals surface area contributed by atoms with E-state index in [4.69, 9.17) is 9.68 Å². The molecule has 7 heteroatoms. The number of carbonyl (C=O) groups is 1. The third-order valence-corrected chi connectivity index (χ3v) is 4.06. The Morgan fingerprint density at radius 2 is 2.08 bits per heavy atom. The van der Waals surface area contributed by atoms with Gasteiger partial charge in [-0.15, -0.1) is 11.8 Å². The van der Waals surface area contributed by atoms with E-state index in [1.807, 2.05) is 43.5 Å². The van der Waals surface area contributed by atoms with Crippen LogP contribution in [0.5, 0.6) is 0 Å². The van der Waals surface area contributed by atoms with Crippen LogP contribution in [0.2, 0.25) is 0 Å². The van der Waals surface area contributed by atoms with Gasteiger partial charge in [0.1, 0.15) is 19.4 Å². The number of hydrogen-bond acceptors (Lipinski definition) is 7. The van der Waals surface area contributed by atoms with Crippen LogP contribution in [-0.2, 0) is 21.1 Å². The molecule has 2 rings (SSSR count). The smallest absolute Gasteiger partial charge is 0.172 e. The molecule has 0 fully saturated rings. The molecule has 0 N–H and O–H groups in total. The molecule has 0 saturated heterocycles. The van der Waals surface area contributed by atoms with E-state index in [1.165, 1.54) is 7.11 Å². The maximum atomic E-state index is 11.2. The van der Waals surface area contributed by atoms with Crippen molar-refractivity contribution in [2.45, 2.75) is 18.6 Å². The number of aromatic nitrogens is 1. The van der Waals surface area contributed by atoms with Gasteiger partial charge in [0.15, 0.2) is 6.29 Å². The third-order valence-electron chi connectivity index (χ3n) is 3.41. The highest BCUT2D eigenvalue weighted by molar-refractivity contribution is 7.98. The Morgan fingerprint density at radius 1 is 1.28 bits per heavy atom. The van der Waals surface area contributed by atoms with Crippen LogP contribution >= 0.6 is 11.8 Å². The monoisotopic (exact) mass is 357 g/mol. The first-order valence-electron chi connectivity index (χ1n) is 7.51. The van der Waals surface area contributed by atoms with Crippen LogP contribution < -0.4 is 0 Å². The third kappa shape index (κ3) is 5.15. The quantitative estimate of drug-likeness (QED) is 0.314. The second-order valence-corrected chi connectivity index (χ2v) is 5.82. The average Bonchev–Trinajstić information content (AvgIpc) is 2.64. The lowest BCUT2D eigenvalue weighted by atomic mass is 9.99. The molecule has 130 valence electrons. The molecular formula is C18H19N3O3S. The molecule has 0 aliphatic rings. The molecule has 1 heterocycles. The maximum absolute atomic E-state index is 11.2. The Morgan fingerprint density at radius 3 is 2.80 bits per heavy atom. The molecule has 2 aromatic rings. The van der Waals surface area contributed by atoms with Gasteiger partial charge in [-0.2, -0.15) is 0 Å². The van der Waals surface area contributed by atoms with E-state index in [-0.39, 0.29) is 12.3 Å². The fraction of sp³-hybridized carbons (Fsp3) is 0.222. The van der Waals surface area contributed by atoms with Gasteiger partial charge in [0.05, 0.1) is 16.9 Å². The predicted molar refractivity (Wildman–Crippen MR) is 99.2 cm³/mol. The zero-order valence-electron chi connectivity index (χ0n) is 14.3. The van der Waals surface area contributed by atoms with E-state index in [0.717, 1.165) is 16.2 Å². The lowest BCUT2D eigenvalue weighted by molar-refractivity contribution is -0.102. The number of rotatable bonds is 8. The highest BCUT2D eigenvalue weighted by atomic mass is 32.2. The number of benzene rings is 1. The van der Waals surface area contributed by atoms with Gasteiger partial charge in [-0.3, -0.25) is 4.79 Å². The van der Waals surface area contributed by atoms with Crippen LogP contribution in [0.15, 0.2) is 51.7 Å². The average molecular weight is 357 g/mol. The van der Waals surface area contributed by atoms with Crippen molar-refractivity contribution in [3.05, 3.63) is 58.8 Å². The fourth-order valence-electron chi connectivity index (χ4n) is 2.18. The van der Waals surface area contributed by atoms with Crippen molar-refractivity contribution in [2.75, 3.05) is 13.4 Å². The number of nitrogens with zero attached hydrogens (tertiary/aromatic N) is 3. The molecule has 1 aromatic carbocycles. The van der Waals surface area contributed by atoms with Gasteiger partial charge >= 0.3 is 0 Å². The molecule has 0 radical (unpaired) electrons. The summed E-state index contributed by atoms with van der Waals surface area (Å²) in [5.74, 6) is 0. The summed E-state index contributed by atoms with van der Waals surface area (Å²) in [7, 11) is 1.40. The van der Waals surface area contributed by atoms with Crippen molar-refractivity contribution >= 4 is 30.0 Å². The van der Waals surface area contributed by atoms with Gasteiger partial charge < -0.3 is 9.68 Å². The highest BCUT2D eigenvalue weighted by Crippen LogP contribution is 2.17. The molecule has 0 aliphatic carbocycles. The molecule has 0 spiro atoms. The van der Waals surface area contributed by atoms with Crippen molar-refractivity contribution < 1.29 is 14.5 Å². The summed E-state index contributed by atoms with van der Waals surface area (Å²) in [6.07, 6.45) is 4.18. The van der Waals surface area contributed by atoms with Crippen LogP contribution in [0, 0.1) is 6.92 Å². The van der Waals surface area contributed by atoms with Gasteiger partial charge in [0.2, 0.25) is 0 Å². The standard InChI is InChI=1S/C18H19N3O3S/c1-13-6-4-8-15(17(11-22)21-23-2)16(13)12-24-19-10-14-7-5-9-18(20-14)25-3/h4-11H,12H2,1-3H3/b19-10+,21-17-. The van der Waals surface area contributed by atoms with Gasteiger partial charge in [-0.1, -0.05) is 34.6 Å². The van der Waals surface area contributed by atoms with E-state index in [0.29, 0.717) is 17.5 Å². The molecule has 0 unspecified atom stereocenters. The summed E-state index contributed by atoms with van der Waals surface area (Å²) in [5, 5.41) is 8.63. The van der Waals surface area contributed by atoms with E-state index >= 15 is 0 Å². The van der Waals surface area contributed by atoms with E-state index in [2.05, 4.69) is 15.3 Å². The summed E-state index contributed by atoms with van der Waals surface area (Å²) in [4.78, 5) is 25.8. The summed E-state index contributed by atoms with van der Waals surface area (Å²) in [6, 6.07) is 11.3. The van der Waals surface area contributed by atoms with E-state index in [9.17, 15) is 4.79 Å². The Kier molecular flexibility index (Phi) is 7.16. The number of aryl methyl sites for hydroxylation is 1. The molecule has 6 nitrogen and oxygen atoms in total. The summed E-state index contributed by atoms with van der Waals surface area (Å²) < 4.78 is 0. The van der Waals surface area contributed by atoms with Crippen LogP contribution in [0.3, 0.4) is 0 Å². The molecule has 25 heavy (non-hydrogen) atoms. The Labute approximate surface area is 150 Å². The second kappa shape index (κ2) is 9.58. The number of pyridine rings is 1. The lowest BCUT2D eigenvalue weighted by Gasteiger charge is -2.10. The fourth-order valence-corrected chi connectivity index (χ4v) is 2.59. The van der Waals surface area contributed by atoms with E-state index in [1.54, 1.807) is 24.0 Å². The van der Waals surface area contributed by atoms with E-state index < -0.39 is 0 Å². The highest BCUT2D eigenvalue weighted by Gasteiger charge is 2.12. The molecule has 1 aromatic heterocycles. The maximum Gasteiger partial charge on any atom is 0.172 e. The van der Waals surface area contributed by atoms with Crippen molar-refractivity contribution in [1.82, 2.24) is 4.98 Å². The SMILES string of the molecule is CO/N=C(/C=O)c1cccc(C)c1CO/N=C/c1cccc(SC)n1. The van der Waals surface area contributed by atoms with Crippen LogP contribution in [0.25, 0.3) is 0 Å². The van der Waals surface area contributed by atoms with Crippen molar-refractivity contribution in [3.63, 3.8) is 0 Å². The van der Waals surface area contributed by atoms with Crippen molar-refractivity contribution in [3.8, 4) is 0 Å². The topological polar surface area (TPSA) is 73.1 Å². The summed E-state index contributed by atoms with van der Waals surface area (Å²) >= 11 is 1.56. The Balaban J connectivity index is 2.13. The predicted octanol–water partition coefficient (Wildman–Crippen LogP) is 3.21. The number of thioether (sulfide) groups is 1. The molecule has 0 saturated carbocycles. The first-order chi connectivity index (χ1) is 12.2. The minimum absolute atomic E-state index is 0.206. The normalized spacial score (nSPS) is 11.6. The molecule has 0 aliphatic heterocycles. The van der Waals surface area contributed by atoms with Crippen LogP contribution in [-0.4, -0.2) is 36.6 Å². The number of hydrogen-bond donors (Lipinski definition) is 0. The molecule has 0 amide bonds. The van der Waals surface area contributed by atoms with Crippen LogP contribution in [0.4, 0.5) is 0 Å². The number of aldehydes is 1. The molecule has 0 bridgehead atoms. The lowest BCUT2D eigenvalue weighted by Crippen LogP contribution is -2.09. The first kappa shape index (κ1) is 18.7. The largest absolute Gasteiger partial charge is 0.399 e. The zero-order valence-corrected chi connectivity index (χ0v) is 15.1. The molecular weight excluding hydrogens is 338 g/mol. The second-order valence-electron chi connectivity index (χ2n) is 4.99. The number of carbonyl (C=O) groups excluding carboxylic acids is 1.